The number of nitrogens with zero attached hydrogens (tertiary/aromatic N) is 3. The number of aromatic nitrogens is 1. The molecule has 44 heavy (non-hydrogen) atoms. The van der Waals surface area contributed by atoms with E-state index >= 15 is 0 Å². The Morgan fingerprint density at radius 3 is 1.18 bits per heavy atom. The summed E-state index contributed by atoms with van der Waals surface area (Å²) < 4.78 is 28.0. The zero-order valence-corrected chi connectivity index (χ0v) is 27.8. The van der Waals surface area contributed by atoms with E-state index in [4.69, 9.17) is 23.7 Å². The van der Waals surface area contributed by atoms with Crippen molar-refractivity contribution in [1.29, 1.82) is 0 Å². The Bertz CT molecular complexity index is 1200. The van der Waals surface area contributed by atoms with Crippen molar-refractivity contribution in [3.63, 3.8) is 0 Å². The average molecular weight is 616 g/mol. The second-order valence-corrected chi connectivity index (χ2v) is 13.9. The number of amides is 4. The van der Waals surface area contributed by atoms with Gasteiger partial charge in [-0.2, -0.15) is 9.80 Å². The highest BCUT2D eigenvalue weighted by molar-refractivity contribution is 6.11. The van der Waals surface area contributed by atoms with Crippen molar-refractivity contribution in [2.75, 3.05) is 9.80 Å². The summed E-state index contributed by atoms with van der Waals surface area (Å²) in [4.78, 5) is 59.2. The van der Waals surface area contributed by atoms with Gasteiger partial charge in [0.1, 0.15) is 34.8 Å². The van der Waals surface area contributed by atoms with Crippen LogP contribution in [0.3, 0.4) is 0 Å². The lowest BCUT2D eigenvalue weighted by Crippen LogP contribution is -2.45. The number of rotatable bonds is 5. The SMILES string of the molecule is CC(C)(C)OC(=O)N(C(=O)OC(C)(C)C)c1cc(OCc2ccccc2)cc(N(C(=O)OC(C)(C)C)C(=O)OC(C)(C)C)n1. The lowest BCUT2D eigenvalue weighted by molar-refractivity contribution is 0.0411. The van der Waals surface area contributed by atoms with Gasteiger partial charge in [0.05, 0.1) is 0 Å². The zero-order chi connectivity index (χ0) is 33.7. The van der Waals surface area contributed by atoms with E-state index in [2.05, 4.69) is 4.98 Å². The number of carbonyl (C=O) groups is 4. The van der Waals surface area contributed by atoms with Crippen molar-refractivity contribution in [1.82, 2.24) is 4.98 Å². The first kappa shape index (κ1) is 35.8. The van der Waals surface area contributed by atoms with E-state index < -0.39 is 46.8 Å². The van der Waals surface area contributed by atoms with Crippen LogP contribution < -0.4 is 14.5 Å². The predicted molar refractivity (Wildman–Crippen MR) is 165 cm³/mol. The number of hydrogen-bond acceptors (Lipinski definition) is 10. The molecule has 0 aliphatic rings. The van der Waals surface area contributed by atoms with E-state index in [9.17, 15) is 19.2 Å². The Kier molecular flexibility index (Phi) is 11.0. The highest BCUT2D eigenvalue weighted by Gasteiger charge is 2.38. The summed E-state index contributed by atoms with van der Waals surface area (Å²) in [6.45, 7) is 19.6. The van der Waals surface area contributed by atoms with Gasteiger partial charge in [-0.25, -0.2) is 24.2 Å². The minimum Gasteiger partial charge on any atom is -0.489 e. The van der Waals surface area contributed by atoms with E-state index in [0.29, 0.717) is 9.80 Å². The van der Waals surface area contributed by atoms with Gasteiger partial charge in [0.25, 0.3) is 0 Å². The third-order valence-corrected chi connectivity index (χ3v) is 4.78. The van der Waals surface area contributed by atoms with Crippen molar-refractivity contribution in [3.05, 3.63) is 48.0 Å². The van der Waals surface area contributed by atoms with Gasteiger partial charge in [0, 0.05) is 12.1 Å². The van der Waals surface area contributed by atoms with Gasteiger partial charge >= 0.3 is 24.4 Å². The molecule has 2 aromatic rings. The summed E-state index contributed by atoms with van der Waals surface area (Å²) >= 11 is 0. The summed E-state index contributed by atoms with van der Waals surface area (Å²) in [6.07, 6.45) is -4.42. The Morgan fingerprint density at radius 1 is 0.568 bits per heavy atom. The molecular formula is C32H45N3O9. The predicted octanol–water partition coefficient (Wildman–Crippen LogP) is 8.01. The van der Waals surface area contributed by atoms with Gasteiger partial charge in [0.2, 0.25) is 0 Å². The first-order valence-corrected chi connectivity index (χ1v) is 14.2. The van der Waals surface area contributed by atoms with E-state index in [1.807, 2.05) is 30.3 Å². The monoisotopic (exact) mass is 615 g/mol. The number of pyridine rings is 1. The number of imide groups is 2. The first-order valence-electron chi connectivity index (χ1n) is 14.2. The molecule has 12 nitrogen and oxygen atoms in total. The number of carbonyl (C=O) groups excluding carboxylic acids is 4. The number of anilines is 2. The van der Waals surface area contributed by atoms with E-state index in [-0.39, 0.29) is 24.0 Å². The van der Waals surface area contributed by atoms with Crippen LogP contribution in [0.4, 0.5) is 30.8 Å². The molecule has 1 heterocycles. The van der Waals surface area contributed by atoms with Crippen molar-refractivity contribution in [3.8, 4) is 5.75 Å². The molecule has 0 atom stereocenters. The summed E-state index contributed by atoms with van der Waals surface area (Å²) in [5.41, 5.74) is -3.19. The van der Waals surface area contributed by atoms with Crippen LogP contribution in [0.5, 0.6) is 5.75 Å². The Hall–Kier alpha value is -4.35. The van der Waals surface area contributed by atoms with E-state index in [1.165, 1.54) is 12.1 Å². The van der Waals surface area contributed by atoms with Crippen LogP contribution in [0.25, 0.3) is 0 Å². The van der Waals surface area contributed by atoms with Crippen LogP contribution >= 0.6 is 0 Å². The topological polar surface area (TPSA) is 134 Å². The first-order chi connectivity index (χ1) is 19.9. The fourth-order valence-corrected chi connectivity index (χ4v) is 3.28. The molecule has 0 aliphatic carbocycles. The molecule has 2 rings (SSSR count). The molecule has 0 N–H and O–H groups in total. The normalized spacial score (nSPS) is 12.1. The average Bonchev–Trinajstić information content (AvgIpc) is 2.79. The molecule has 1 aromatic heterocycles. The minimum atomic E-state index is -1.11. The molecule has 0 aliphatic heterocycles. The molecule has 0 radical (unpaired) electrons. The number of benzene rings is 1. The molecule has 242 valence electrons. The number of ether oxygens (including phenoxy) is 5. The van der Waals surface area contributed by atoms with Gasteiger partial charge in [-0.15, -0.1) is 0 Å². The fourth-order valence-electron chi connectivity index (χ4n) is 3.28. The molecule has 0 spiro atoms. The van der Waals surface area contributed by atoms with Crippen LogP contribution in [-0.2, 0) is 25.6 Å². The van der Waals surface area contributed by atoms with E-state index in [1.54, 1.807) is 83.1 Å². The van der Waals surface area contributed by atoms with Crippen molar-refractivity contribution in [2.24, 2.45) is 0 Å². The summed E-state index contributed by atoms with van der Waals surface area (Å²) in [7, 11) is 0. The van der Waals surface area contributed by atoms with Crippen LogP contribution in [0.15, 0.2) is 42.5 Å². The molecule has 0 bridgehead atoms. The second-order valence-electron chi connectivity index (χ2n) is 13.9. The van der Waals surface area contributed by atoms with Crippen molar-refractivity contribution < 1.29 is 42.9 Å². The highest BCUT2D eigenvalue weighted by Crippen LogP contribution is 2.31. The molecule has 1 aromatic carbocycles. The number of hydrogen-bond donors (Lipinski definition) is 0. The van der Waals surface area contributed by atoms with E-state index in [0.717, 1.165) is 5.56 Å². The maximum absolute atomic E-state index is 13.4. The smallest absolute Gasteiger partial charge is 0.425 e. The molecular weight excluding hydrogens is 570 g/mol. The minimum absolute atomic E-state index is 0.0584. The molecule has 0 unspecified atom stereocenters. The molecule has 4 amide bonds. The Labute approximate surface area is 259 Å². The van der Waals surface area contributed by atoms with Crippen molar-refractivity contribution in [2.45, 2.75) is 112 Å². The largest absolute Gasteiger partial charge is 0.489 e. The molecule has 0 fully saturated rings. The quantitative estimate of drug-likeness (QED) is 0.304. The summed E-state index contributed by atoms with van der Waals surface area (Å²) in [6, 6.07) is 11.8. The van der Waals surface area contributed by atoms with Gasteiger partial charge in [-0.3, -0.25) is 0 Å². The standard InChI is InChI=1S/C32H45N3O9/c1-29(2,3)41-25(36)34(26(37)42-30(4,5)6)23-18-22(40-20-21-16-14-13-15-17-21)19-24(33-23)35(27(38)43-31(7,8)9)28(39)44-32(10,11)12/h13-19H,20H2,1-12H3. The summed E-state index contributed by atoms with van der Waals surface area (Å²) in [5.74, 6) is -0.625. The maximum Gasteiger partial charge on any atom is 0.425 e. The van der Waals surface area contributed by atoms with Gasteiger partial charge in [0.15, 0.2) is 11.6 Å². The molecule has 12 heteroatoms. The Balaban J connectivity index is 2.80. The third kappa shape index (κ3) is 12.1. The van der Waals surface area contributed by atoms with Gasteiger partial charge in [-0.1, -0.05) is 30.3 Å². The summed E-state index contributed by atoms with van der Waals surface area (Å²) in [5, 5.41) is 0. The van der Waals surface area contributed by atoms with Crippen LogP contribution in [0.1, 0.15) is 88.6 Å². The lowest BCUT2D eigenvalue weighted by Gasteiger charge is -2.30. The van der Waals surface area contributed by atoms with Crippen LogP contribution in [-0.4, -0.2) is 51.8 Å². The highest BCUT2D eigenvalue weighted by atomic mass is 16.6. The van der Waals surface area contributed by atoms with Gasteiger partial charge in [-0.05, 0) is 88.6 Å². The Morgan fingerprint density at radius 2 is 0.886 bits per heavy atom. The molecule has 0 saturated heterocycles. The second kappa shape index (κ2) is 13.5. The van der Waals surface area contributed by atoms with Crippen molar-refractivity contribution >= 4 is 36.0 Å². The van der Waals surface area contributed by atoms with Gasteiger partial charge < -0.3 is 23.7 Å². The third-order valence-electron chi connectivity index (χ3n) is 4.78. The molecule has 0 saturated carbocycles. The maximum atomic E-state index is 13.4. The lowest BCUT2D eigenvalue weighted by atomic mass is 10.2. The zero-order valence-electron chi connectivity index (χ0n) is 27.8. The van der Waals surface area contributed by atoms with Crippen LogP contribution in [0.2, 0.25) is 0 Å². The fraction of sp³-hybridized carbons (Fsp3) is 0.531. The van der Waals surface area contributed by atoms with Crippen LogP contribution in [0, 0.1) is 0 Å².